The second kappa shape index (κ2) is 7.92. The van der Waals surface area contributed by atoms with Gasteiger partial charge in [-0.3, -0.25) is 9.80 Å². The highest BCUT2D eigenvalue weighted by molar-refractivity contribution is 5.18. The highest BCUT2D eigenvalue weighted by Gasteiger charge is 2.24. The first-order valence-electron chi connectivity index (χ1n) is 8.25. The lowest BCUT2D eigenvalue weighted by Crippen LogP contribution is -2.53. The largest absolute Gasteiger partial charge is 0.392 e. The van der Waals surface area contributed by atoms with Crippen LogP contribution in [0.25, 0.3) is 0 Å². The van der Waals surface area contributed by atoms with E-state index in [1.807, 2.05) is 6.92 Å². The molecule has 0 radical (unpaired) electrons. The normalized spacial score (nSPS) is 23.9. The topological polar surface area (TPSA) is 26.7 Å². The van der Waals surface area contributed by atoms with Crippen molar-refractivity contribution in [2.45, 2.75) is 45.3 Å². The first-order valence-corrected chi connectivity index (χ1v) is 8.25. The molecule has 0 spiro atoms. The van der Waals surface area contributed by atoms with Crippen LogP contribution in [0.1, 0.15) is 38.7 Å². The van der Waals surface area contributed by atoms with Crippen LogP contribution in [-0.4, -0.2) is 59.8 Å². The number of β-amino-alcohol motifs (C(OH)–C–C–N with tert-alkyl or cyclic N) is 1. The van der Waals surface area contributed by atoms with E-state index in [9.17, 15) is 5.11 Å². The monoisotopic (exact) mass is 290 g/mol. The molecule has 1 heterocycles. The SMILES string of the molecule is C[C@H](O)CN1CCN(CC[C@H](C)c2ccccc2)[C@H](C)C1. The van der Waals surface area contributed by atoms with Gasteiger partial charge in [-0.15, -0.1) is 0 Å². The molecule has 1 aromatic carbocycles. The number of aliphatic hydroxyl groups is 1. The van der Waals surface area contributed by atoms with E-state index in [4.69, 9.17) is 0 Å². The third kappa shape index (κ3) is 5.10. The summed E-state index contributed by atoms with van der Waals surface area (Å²) >= 11 is 0. The van der Waals surface area contributed by atoms with Gasteiger partial charge in [-0.2, -0.15) is 0 Å². The van der Waals surface area contributed by atoms with Gasteiger partial charge >= 0.3 is 0 Å². The number of piperazine rings is 1. The summed E-state index contributed by atoms with van der Waals surface area (Å²) in [5.74, 6) is 0.619. The Balaban J connectivity index is 1.77. The molecule has 1 aromatic rings. The Morgan fingerprint density at radius 2 is 1.90 bits per heavy atom. The lowest BCUT2D eigenvalue weighted by atomic mass is 9.97. The molecule has 0 aromatic heterocycles. The molecule has 2 rings (SSSR count). The van der Waals surface area contributed by atoms with Crippen LogP contribution in [0.4, 0.5) is 0 Å². The predicted octanol–water partition coefficient (Wildman–Crippen LogP) is 2.57. The Morgan fingerprint density at radius 1 is 1.19 bits per heavy atom. The zero-order chi connectivity index (χ0) is 15.2. The summed E-state index contributed by atoms with van der Waals surface area (Å²) in [6, 6.07) is 11.4. The molecule has 3 nitrogen and oxygen atoms in total. The standard InChI is InChI=1S/C18H30N2O/c1-15(18-7-5-4-6-8-18)9-10-20-12-11-19(13-16(20)2)14-17(3)21/h4-8,15-17,21H,9-14H2,1-3H3/t15-,16+,17-/m0/s1. The zero-order valence-corrected chi connectivity index (χ0v) is 13.7. The van der Waals surface area contributed by atoms with Crippen molar-refractivity contribution < 1.29 is 5.11 Å². The fourth-order valence-corrected chi connectivity index (χ4v) is 3.25. The first kappa shape index (κ1) is 16.5. The molecule has 118 valence electrons. The summed E-state index contributed by atoms with van der Waals surface area (Å²) in [5.41, 5.74) is 1.44. The molecule has 3 heteroatoms. The summed E-state index contributed by atoms with van der Waals surface area (Å²) in [6.45, 7) is 11.7. The van der Waals surface area contributed by atoms with Gasteiger partial charge in [-0.05, 0) is 38.3 Å². The Kier molecular flexibility index (Phi) is 6.22. The Labute approximate surface area is 129 Å². The van der Waals surface area contributed by atoms with Gasteiger partial charge in [-0.25, -0.2) is 0 Å². The van der Waals surface area contributed by atoms with Crippen LogP contribution in [0, 0.1) is 0 Å². The molecule has 1 fully saturated rings. The van der Waals surface area contributed by atoms with Crippen molar-refractivity contribution in [1.29, 1.82) is 0 Å². The summed E-state index contributed by atoms with van der Waals surface area (Å²) in [5, 5.41) is 9.50. The van der Waals surface area contributed by atoms with Crippen molar-refractivity contribution in [2.24, 2.45) is 0 Å². The molecule has 0 amide bonds. The maximum Gasteiger partial charge on any atom is 0.0639 e. The minimum absolute atomic E-state index is 0.221. The predicted molar refractivity (Wildman–Crippen MR) is 88.6 cm³/mol. The number of nitrogens with zero attached hydrogens (tertiary/aromatic N) is 2. The van der Waals surface area contributed by atoms with E-state index in [1.54, 1.807) is 0 Å². The van der Waals surface area contributed by atoms with E-state index >= 15 is 0 Å². The van der Waals surface area contributed by atoms with Crippen molar-refractivity contribution in [3.05, 3.63) is 35.9 Å². The molecule has 3 atom stereocenters. The molecular weight excluding hydrogens is 260 g/mol. The molecule has 21 heavy (non-hydrogen) atoms. The second-order valence-corrected chi connectivity index (χ2v) is 6.59. The number of hydrogen-bond donors (Lipinski definition) is 1. The Morgan fingerprint density at radius 3 is 2.52 bits per heavy atom. The van der Waals surface area contributed by atoms with Crippen LogP contribution in [0.3, 0.4) is 0 Å². The van der Waals surface area contributed by atoms with Crippen molar-refractivity contribution in [1.82, 2.24) is 9.80 Å². The molecule has 1 saturated heterocycles. The maximum absolute atomic E-state index is 9.50. The first-order chi connectivity index (χ1) is 10.1. The van der Waals surface area contributed by atoms with E-state index in [0.29, 0.717) is 12.0 Å². The van der Waals surface area contributed by atoms with Gasteiger partial charge in [0.15, 0.2) is 0 Å². The molecule has 1 aliphatic rings. The number of benzene rings is 1. The van der Waals surface area contributed by atoms with E-state index in [1.165, 1.54) is 18.5 Å². The minimum Gasteiger partial charge on any atom is -0.392 e. The number of aliphatic hydroxyl groups excluding tert-OH is 1. The molecule has 0 bridgehead atoms. The van der Waals surface area contributed by atoms with Crippen molar-refractivity contribution in [3.63, 3.8) is 0 Å². The van der Waals surface area contributed by atoms with Gasteiger partial charge in [0.1, 0.15) is 0 Å². The summed E-state index contributed by atoms with van der Waals surface area (Å²) in [7, 11) is 0. The lowest BCUT2D eigenvalue weighted by Gasteiger charge is -2.40. The van der Waals surface area contributed by atoms with Crippen molar-refractivity contribution in [2.75, 3.05) is 32.7 Å². The average molecular weight is 290 g/mol. The van der Waals surface area contributed by atoms with Crippen LogP contribution < -0.4 is 0 Å². The molecule has 0 saturated carbocycles. The average Bonchev–Trinajstić information content (AvgIpc) is 2.46. The van der Waals surface area contributed by atoms with E-state index in [0.717, 1.165) is 26.2 Å². The summed E-state index contributed by atoms with van der Waals surface area (Å²) < 4.78 is 0. The van der Waals surface area contributed by atoms with Gasteiger partial charge < -0.3 is 5.11 Å². The molecular formula is C18H30N2O. The highest BCUT2D eigenvalue weighted by Crippen LogP contribution is 2.20. The van der Waals surface area contributed by atoms with Crippen LogP contribution in [0.5, 0.6) is 0 Å². The molecule has 1 aliphatic heterocycles. The van der Waals surface area contributed by atoms with Gasteiger partial charge in [0.2, 0.25) is 0 Å². The highest BCUT2D eigenvalue weighted by atomic mass is 16.3. The van der Waals surface area contributed by atoms with E-state index in [2.05, 4.69) is 54.0 Å². The fraction of sp³-hybridized carbons (Fsp3) is 0.667. The van der Waals surface area contributed by atoms with Crippen LogP contribution in [-0.2, 0) is 0 Å². The molecule has 1 N–H and O–H groups in total. The zero-order valence-electron chi connectivity index (χ0n) is 13.7. The van der Waals surface area contributed by atoms with Gasteiger partial charge in [0, 0.05) is 32.2 Å². The lowest BCUT2D eigenvalue weighted by molar-refractivity contribution is 0.0499. The number of hydrogen-bond acceptors (Lipinski definition) is 3. The number of rotatable bonds is 6. The van der Waals surface area contributed by atoms with Gasteiger partial charge in [0.25, 0.3) is 0 Å². The Hall–Kier alpha value is -0.900. The Bertz CT molecular complexity index is 407. The smallest absolute Gasteiger partial charge is 0.0639 e. The van der Waals surface area contributed by atoms with Crippen molar-refractivity contribution >= 4 is 0 Å². The van der Waals surface area contributed by atoms with Gasteiger partial charge in [-0.1, -0.05) is 37.3 Å². The molecule has 0 aliphatic carbocycles. The van der Waals surface area contributed by atoms with E-state index in [-0.39, 0.29) is 6.10 Å². The maximum atomic E-state index is 9.50. The third-order valence-electron chi connectivity index (χ3n) is 4.59. The van der Waals surface area contributed by atoms with Crippen LogP contribution >= 0.6 is 0 Å². The third-order valence-corrected chi connectivity index (χ3v) is 4.59. The summed E-state index contributed by atoms with van der Waals surface area (Å²) in [4.78, 5) is 4.98. The van der Waals surface area contributed by atoms with Crippen LogP contribution in [0.2, 0.25) is 0 Å². The quantitative estimate of drug-likeness (QED) is 0.872. The minimum atomic E-state index is -0.221. The van der Waals surface area contributed by atoms with Crippen LogP contribution in [0.15, 0.2) is 30.3 Å². The molecule has 0 unspecified atom stereocenters. The summed E-state index contributed by atoms with van der Waals surface area (Å²) in [6.07, 6.45) is 0.993. The van der Waals surface area contributed by atoms with Crippen molar-refractivity contribution in [3.8, 4) is 0 Å². The second-order valence-electron chi connectivity index (χ2n) is 6.59. The fourth-order valence-electron chi connectivity index (χ4n) is 3.25. The van der Waals surface area contributed by atoms with E-state index < -0.39 is 0 Å². The van der Waals surface area contributed by atoms with Gasteiger partial charge in [0.05, 0.1) is 6.10 Å².